The first-order chi connectivity index (χ1) is 8.66. The number of carbonyl (C=O) groups excluding carboxylic acids is 1. The number of pyridine rings is 1. The van der Waals surface area contributed by atoms with E-state index in [9.17, 15) is 4.79 Å². The van der Waals surface area contributed by atoms with Crippen LogP contribution in [0.4, 0.5) is 0 Å². The number of benzene rings is 1. The van der Waals surface area contributed by atoms with Crippen LogP contribution in [0.25, 0.3) is 0 Å². The topological polar surface area (TPSA) is 39.2 Å². The lowest BCUT2D eigenvalue weighted by molar-refractivity contribution is 0.0471. The molecule has 2 rings (SSSR count). The summed E-state index contributed by atoms with van der Waals surface area (Å²) in [5.41, 5.74) is 1.29. The monoisotopic (exact) mass is 325 g/mol. The number of ether oxygens (including phenoxy) is 1. The average molecular weight is 327 g/mol. The van der Waals surface area contributed by atoms with E-state index in [2.05, 4.69) is 20.9 Å². The molecule has 0 spiro atoms. The number of nitrogens with zero attached hydrogens (tertiary/aromatic N) is 1. The lowest BCUT2D eigenvalue weighted by Crippen LogP contribution is -2.06. The highest BCUT2D eigenvalue weighted by Crippen LogP contribution is 2.17. The van der Waals surface area contributed by atoms with Gasteiger partial charge in [-0.1, -0.05) is 29.8 Å². The molecule has 3 nitrogen and oxygen atoms in total. The van der Waals surface area contributed by atoms with Crippen molar-refractivity contribution in [3.63, 3.8) is 0 Å². The first-order valence-electron chi connectivity index (χ1n) is 5.19. The molecule has 0 saturated heterocycles. The summed E-state index contributed by atoms with van der Waals surface area (Å²) in [6, 6.07) is 10.5. The normalized spacial score (nSPS) is 10.1. The first kappa shape index (κ1) is 13.1. The van der Waals surface area contributed by atoms with Crippen LogP contribution >= 0.6 is 27.5 Å². The molecule has 0 saturated carbocycles. The molecular weight excluding hydrogens is 318 g/mol. The van der Waals surface area contributed by atoms with Crippen molar-refractivity contribution in [1.29, 1.82) is 0 Å². The summed E-state index contributed by atoms with van der Waals surface area (Å²) in [5, 5.41) is 0.413. The van der Waals surface area contributed by atoms with Crippen LogP contribution in [-0.2, 0) is 11.3 Å². The van der Waals surface area contributed by atoms with Crippen molar-refractivity contribution in [3.05, 3.63) is 63.3 Å². The molecule has 0 radical (unpaired) electrons. The van der Waals surface area contributed by atoms with E-state index in [1.807, 2.05) is 6.07 Å². The summed E-state index contributed by atoms with van der Waals surface area (Å²) < 4.78 is 5.90. The average Bonchev–Trinajstić information content (AvgIpc) is 2.38. The molecule has 1 aromatic carbocycles. The van der Waals surface area contributed by atoms with Gasteiger partial charge < -0.3 is 4.74 Å². The molecule has 5 heteroatoms. The Balaban J connectivity index is 2.01. The number of halogens is 2. The minimum atomic E-state index is -0.377. The second-order valence-corrected chi connectivity index (χ2v) is 4.79. The van der Waals surface area contributed by atoms with E-state index in [4.69, 9.17) is 16.3 Å². The van der Waals surface area contributed by atoms with Gasteiger partial charge in [0.05, 0.1) is 5.56 Å². The molecule has 0 N–H and O–H groups in total. The van der Waals surface area contributed by atoms with Gasteiger partial charge in [-0.3, -0.25) is 0 Å². The second kappa shape index (κ2) is 5.98. The minimum Gasteiger partial charge on any atom is -0.457 e. The predicted octanol–water partition coefficient (Wildman–Crippen LogP) is 3.85. The van der Waals surface area contributed by atoms with Gasteiger partial charge in [-0.05, 0) is 34.1 Å². The molecule has 0 unspecified atom stereocenters. The number of aromatic nitrogens is 1. The molecular formula is C13H9BrClNO2. The van der Waals surface area contributed by atoms with Gasteiger partial charge in [0.25, 0.3) is 0 Å². The summed E-state index contributed by atoms with van der Waals surface area (Å²) in [6.07, 6.45) is 1.58. The van der Waals surface area contributed by atoms with Crippen molar-refractivity contribution in [1.82, 2.24) is 4.98 Å². The van der Waals surface area contributed by atoms with E-state index >= 15 is 0 Å². The van der Waals surface area contributed by atoms with Crippen LogP contribution in [0.5, 0.6) is 0 Å². The molecule has 1 aromatic heterocycles. The van der Waals surface area contributed by atoms with Crippen LogP contribution in [0.3, 0.4) is 0 Å². The molecule has 1 heterocycles. The van der Waals surface area contributed by atoms with Crippen molar-refractivity contribution in [3.8, 4) is 0 Å². The summed E-state index contributed by atoms with van der Waals surface area (Å²) in [6.45, 7) is 0.171. The Morgan fingerprint density at radius 1 is 1.28 bits per heavy atom. The van der Waals surface area contributed by atoms with Crippen LogP contribution in [0.15, 0.2) is 47.1 Å². The maximum absolute atomic E-state index is 11.8. The zero-order valence-corrected chi connectivity index (χ0v) is 11.6. The van der Waals surface area contributed by atoms with Gasteiger partial charge in [0.1, 0.15) is 11.8 Å². The fourth-order valence-electron chi connectivity index (χ4n) is 1.35. The van der Waals surface area contributed by atoms with Crippen molar-refractivity contribution < 1.29 is 9.53 Å². The Labute approximate surface area is 118 Å². The Kier molecular flexibility index (Phi) is 4.33. The van der Waals surface area contributed by atoms with Crippen LogP contribution in [-0.4, -0.2) is 11.0 Å². The van der Waals surface area contributed by atoms with Crippen LogP contribution in [0.1, 0.15) is 15.9 Å². The van der Waals surface area contributed by atoms with Gasteiger partial charge in [0.2, 0.25) is 0 Å². The summed E-state index contributed by atoms with van der Waals surface area (Å²) in [4.78, 5) is 15.7. The highest BCUT2D eigenvalue weighted by Gasteiger charge is 2.10. The highest BCUT2D eigenvalue weighted by atomic mass is 79.9. The third-order valence-corrected chi connectivity index (χ3v) is 3.17. The Morgan fingerprint density at radius 2 is 2.06 bits per heavy atom. The van der Waals surface area contributed by atoms with E-state index in [0.717, 1.165) is 5.56 Å². The second-order valence-electron chi connectivity index (χ2n) is 3.55. The number of hydrogen-bond acceptors (Lipinski definition) is 3. The largest absolute Gasteiger partial charge is 0.457 e. The lowest BCUT2D eigenvalue weighted by Gasteiger charge is -2.06. The van der Waals surface area contributed by atoms with E-state index < -0.39 is 0 Å². The maximum Gasteiger partial charge on any atom is 0.339 e. The van der Waals surface area contributed by atoms with Gasteiger partial charge in [-0.25, -0.2) is 9.78 Å². The van der Waals surface area contributed by atoms with Crippen LogP contribution in [0.2, 0.25) is 5.15 Å². The Morgan fingerprint density at radius 3 is 2.72 bits per heavy atom. The Hall–Kier alpha value is -1.39. The molecule has 0 atom stereocenters. The zero-order chi connectivity index (χ0) is 13.0. The van der Waals surface area contributed by atoms with Crippen molar-refractivity contribution in [2.24, 2.45) is 0 Å². The number of hydrogen-bond donors (Lipinski definition) is 0. The predicted molar refractivity (Wildman–Crippen MR) is 72.5 cm³/mol. The molecule has 2 aromatic rings. The summed E-state index contributed by atoms with van der Waals surface area (Å²) >= 11 is 8.97. The van der Waals surface area contributed by atoms with Crippen molar-refractivity contribution in [2.45, 2.75) is 6.61 Å². The molecule has 18 heavy (non-hydrogen) atoms. The van der Waals surface area contributed by atoms with E-state index in [1.54, 1.807) is 36.5 Å². The van der Waals surface area contributed by atoms with Gasteiger partial charge in [0.15, 0.2) is 0 Å². The maximum atomic E-state index is 11.8. The van der Waals surface area contributed by atoms with Crippen LogP contribution in [0, 0.1) is 0 Å². The molecule has 0 aliphatic carbocycles. The third kappa shape index (κ3) is 3.31. The van der Waals surface area contributed by atoms with Crippen molar-refractivity contribution in [2.75, 3.05) is 0 Å². The number of esters is 1. The van der Waals surface area contributed by atoms with Gasteiger partial charge in [-0.15, -0.1) is 0 Å². The third-order valence-electron chi connectivity index (χ3n) is 2.25. The summed E-state index contributed by atoms with van der Waals surface area (Å²) in [5.74, 6) is -0.377. The van der Waals surface area contributed by atoms with E-state index in [-0.39, 0.29) is 12.6 Å². The standard InChI is InChI=1S/C13H9BrClNO2/c14-11-4-2-1-3-10(11)13(17)18-8-9-5-6-12(15)16-7-9/h1-7H,8H2. The Bertz CT molecular complexity index is 557. The van der Waals surface area contributed by atoms with Gasteiger partial charge >= 0.3 is 5.97 Å². The van der Waals surface area contributed by atoms with Gasteiger partial charge in [-0.2, -0.15) is 0 Å². The zero-order valence-electron chi connectivity index (χ0n) is 9.27. The molecule has 92 valence electrons. The van der Waals surface area contributed by atoms with E-state index in [1.165, 1.54) is 0 Å². The molecule has 0 aliphatic rings. The SMILES string of the molecule is O=C(OCc1ccc(Cl)nc1)c1ccccc1Br. The van der Waals surface area contributed by atoms with E-state index in [0.29, 0.717) is 15.2 Å². The first-order valence-corrected chi connectivity index (χ1v) is 6.36. The fraction of sp³-hybridized carbons (Fsp3) is 0.0769. The molecule has 0 bridgehead atoms. The molecule has 0 amide bonds. The smallest absolute Gasteiger partial charge is 0.339 e. The molecule has 0 aliphatic heterocycles. The van der Waals surface area contributed by atoms with Gasteiger partial charge in [0, 0.05) is 16.2 Å². The number of rotatable bonds is 3. The minimum absolute atomic E-state index is 0.171. The molecule has 0 fully saturated rings. The quantitative estimate of drug-likeness (QED) is 0.635. The lowest BCUT2D eigenvalue weighted by atomic mass is 10.2. The van der Waals surface area contributed by atoms with Crippen molar-refractivity contribution >= 4 is 33.5 Å². The summed E-state index contributed by atoms with van der Waals surface area (Å²) in [7, 11) is 0. The highest BCUT2D eigenvalue weighted by molar-refractivity contribution is 9.10. The fourth-order valence-corrected chi connectivity index (χ4v) is 1.90. The van der Waals surface area contributed by atoms with Crippen LogP contribution < -0.4 is 0 Å². The number of carbonyl (C=O) groups is 1.